The van der Waals surface area contributed by atoms with Crippen LogP contribution in [0, 0.1) is 0 Å². The quantitative estimate of drug-likeness (QED) is 0.808. The van der Waals surface area contributed by atoms with Crippen LogP contribution >= 0.6 is 12.4 Å². The molecular formula is C20H26ClN. The summed E-state index contributed by atoms with van der Waals surface area (Å²) >= 11 is 0. The Labute approximate surface area is 140 Å². The predicted molar refractivity (Wildman–Crippen MR) is 96.7 cm³/mol. The highest BCUT2D eigenvalue weighted by Gasteiger charge is 2.22. The molecule has 1 fully saturated rings. The Morgan fingerprint density at radius 3 is 1.50 bits per heavy atom. The van der Waals surface area contributed by atoms with Crippen LogP contribution in [0.3, 0.4) is 0 Å². The molecule has 2 atom stereocenters. The van der Waals surface area contributed by atoms with Crippen LogP contribution in [-0.4, -0.2) is 12.1 Å². The lowest BCUT2D eigenvalue weighted by atomic mass is 10.0. The van der Waals surface area contributed by atoms with Crippen molar-refractivity contribution < 1.29 is 0 Å². The van der Waals surface area contributed by atoms with Crippen LogP contribution in [0.15, 0.2) is 60.7 Å². The number of rotatable bonds is 6. The van der Waals surface area contributed by atoms with Crippen molar-refractivity contribution in [3.63, 3.8) is 0 Å². The van der Waals surface area contributed by atoms with Gasteiger partial charge in [0.1, 0.15) is 0 Å². The van der Waals surface area contributed by atoms with E-state index in [9.17, 15) is 0 Å². The van der Waals surface area contributed by atoms with Crippen molar-refractivity contribution in [1.29, 1.82) is 0 Å². The smallest absolute Gasteiger partial charge is 0.00734 e. The van der Waals surface area contributed by atoms with Gasteiger partial charge >= 0.3 is 0 Å². The third kappa shape index (κ3) is 5.15. The maximum Gasteiger partial charge on any atom is 0.00734 e. The van der Waals surface area contributed by atoms with Crippen molar-refractivity contribution in [1.82, 2.24) is 5.32 Å². The molecule has 2 unspecified atom stereocenters. The largest absolute Gasteiger partial charge is 0.311 e. The van der Waals surface area contributed by atoms with Gasteiger partial charge in [0.15, 0.2) is 0 Å². The molecule has 3 rings (SSSR count). The van der Waals surface area contributed by atoms with Crippen molar-refractivity contribution >= 4 is 12.4 Å². The first-order valence-corrected chi connectivity index (χ1v) is 8.24. The minimum absolute atomic E-state index is 0. The van der Waals surface area contributed by atoms with Crippen LogP contribution in [0.5, 0.6) is 0 Å². The highest BCUT2D eigenvalue weighted by molar-refractivity contribution is 5.85. The van der Waals surface area contributed by atoms with Crippen LogP contribution in [0.2, 0.25) is 0 Å². The Bertz CT molecular complexity index is 476. The topological polar surface area (TPSA) is 12.0 Å². The molecule has 0 radical (unpaired) electrons. The minimum Gasteiger partial charge on any atom is -0.311 e. The molecule has 2 aromatic rings. The summed E-state index contributed by atoms with van der Waals surface area (Å²) in [5, 5.41) is 3.83. The summed E-state index contributed by atoms with van der Waals surface area (Å²) in [6, 6.07) is 23.1. The first-order valence-electron chi connectivity index (χ1n) is 8.24. The Morgan fingerprint density at radius 1 is 0.682 bits per heavy atom. The molecule has 0 spiro atoms. The van der Waals surface area contributed by atoms with Gasteiger partial charge in [0.25, 0.3) is 0 Å². The lowest BCUT2D eigenvalue weighted by molar-refractivity contribution is 0.491. The Morgan fingerprint density at radius 2 is 1.09 bits per heavy atom. The lowest BCUT2D eigenvalue weighted by Gasteiger charge is -2.14. The summed E-state index contributed by atoms with van der Waals surface area (Å²) in [7, 11) is 0. The molecule has 1 nitrogen and oxygen atoms in total. The second-order valence-electron chi connectivity index (χ2n) is 6.19. The molecule has 0 saturated carbocycles. The zero-order chi connectivity index (χ0) is 14.3. The minimum atomic E-state index is 0. The van der Waals surface area contributed by atoms with E-state index in [-0.39, 0.29) is 12.4 Å². The SMILES string of the molecule is Cl.c1ccc(CCC2CCC(CCc3ccccc3)N2)cc1. The standard InChI is InChI=1S/C20H25N.ClH/c1-3-7-17(8-4-1)11-13-19-15-16-20(21-19)14-12-18-9-5-2-6-10-18;/h1-10,19-21H,11-16H2;1H. The number of hydrogen-bond acceptors (Lipinski definition) is 1. The molecule has 1 N–H and O–H groups in total. The van der Waals surface area contributed by atoms with E-state index in [0.29, 0.717) is 12.1 Å². The van der Waals surface area contributed by atoms with Gasteiger partial charge in [-0.15, -0.1) is 12.4 Å². The summed E-state index contributed by atoms with van der Waals surface area (Å²) in [4.78, 5) is 0. The van der Waals surface area contributed by atoms with Gasteiger partial charge in [0, 0.05) is 12.1 Å². The van der Waals surface area contributed by atoms with E-state index in [1.165, 1.54) is 49.7 Å². The second kappa shape index (κ2) is 8.97. The molecule has 22 heavy (non-hydrogen) atoms. The number of benzene rings is 2. The van der Waals surface area contributed by atoms with E-state index in [1.54, 1.807) is 0 Å². The summed E-state index contributed by atoms with van der Waals surface area (Å²) in [5.74, 6) is 0. The van der Waals surface area contributed by atoms with Crippen molar-refractivity contribution in [3.05, 3.63) is 71.8 Å². The number of hydrogen-bond donors (Lipinski definition) is 1. The molecule has 0 bridgehead atoms. The molecule has 118 valence electrons. The molecule has 0 aliphatic carbocycles. The zero-order valence-electron chi connectivity index (χ0n) is 13.1. The Hall–Kier alpha value is -1.31. The van der Waals surface area contributed by atoms with Gasteiger partial charge in [0.05, 0.1) is 0 Å². The average Bonchev–Trinajstić information content (AvgIpc) is 3.01. The van der Waals surface area contributed by atoms with E-state index in [0.717, 1.165) is 0 Å². The fourth-order valence-electron chi connectivity index (χ4n) is 3.33. The van der Waals surface area contributed by atoms with Crippen molar-refractivity contribution in [2.45, 2.75) is 50.6 Å². The first kappa shape index (κ1) is 17.1. The summed E-state index contributed by atoms with van der Waals surface area (Å²) < 4.78 is 0. The van der Waals surface area contributed by atoms with Gasteiger partial charge in [-0.05, 0) is 49.7 Å². The highest BCUT2D eigenvalue weighted by atomic mass is 35.5. The lowest BCUT2D eigenvalue weighted by Crippen LogP contribution is -2.30. The maximum absolute atomic E-state index is 3.83. The van der Waals surface area contributed by atoms with Crippen molar-refractivity contribution in [2.24, 2.45) is 0 Å². The third-order valence-electron chi connectivity index (χ3n) is 4.58. The van der Waals surface area contributed by atoms with Gasteiger partial charge < -0.3 is 5.32 Å². The molecule has 2 heteroatoms. The Balaban J connectivity index is 0.00000176. The van der Waals surface area contributed by atoms with Gasteiger partial charge in [-0.2, -0.15) is 0 Å². The van der Waals surface area contributed by atoms with Crippen LogP contribution < -0.4 is 5.32 Å². The predicted octanol–water partition coefficient (Wildman–Crippen LogP) is 4.79. The van der Waals surface area contributed by atoms with Crippen LogP contribution in [-0.2, 0) is 12.8 Å². The number of nitrogens with one attached hydrogen (secondary N) is 1. The van der Waals surface area contributed by atoms with Crippen LogP contribution in [0.25, 0.3) is 0 Å². The van der Waals surface area contributed by atoms with Gasteiger partial charge in [0.2, 0.25) is 0 Å². The molecular weight excluding hydrogens is 290 g/mol. The summed E-state index contributed by atoms with van der Waals surface area (Å²) in [6.45, 7) is 0. The van der Waals surface area contributed by atoms with E-state index in [1.807, 2.05) is 0 Å². The maximum atomic E-state index is 3.83. The third-order valence-corrected chi connectivity index (χ3v) is 4.58. The highest BCUT2D eigenvalue weighted by Crippen LogP contribution is 2.20. The molecule has 2 aromatic carbocycles. The van der Waals surface area contributed by atoms with Crippen molar-refractivity contribution in [2.75, 3.05) is 0 Å². The first-order chi connectivity index (χ1) is 10.4. The van der Waals surface area contributed by atoms with Gasteiger partial charge in [-0.3, -0.25) is 0 Å². The van der Waals surface area contributed by atoms with E-state index in [2.05, 4.69) is 66.0 Å². The zero-order valence-corrected chi connectivity index (χ0v) is 13.9. The van der Waals surface area contributed by atoms with Gasteiger partial charge in [-0.25, -0.2) is 0 Å². The molecule has 1 aliphatic rings. The summed E-state index contributed by atoms with van der Waals surface area (Å²) in [5.41, 5.74) is 2.93. The number of halogens is 1. The van der Waals surface area contributed by atoms with E-state index < -0.39 is 0 Å². The Kier molecular flexibility index (Phi) is 6.95. The molecule has 1 saturated heterocycles. The van der Waals surface area contributed by atoms with Gasteiger partial charge in [-0.1, -0.05) is 60.7 Å². The molecule has 1 aliphatic heterocycles. The van der Waals surface area contributed by atoms with Crippen molar-refractivity contribution in [3.8, 4) is 0 Å². The average molecular weight is 316 g/mol. The van der Waals surface area contributed by atoms with Crippen LogP contribution in [0.1, 0.15) is 36.8 Å². The second-order valence-corrected chi connectivity index (χ2v) is 6.19. The molecule has 1 heterocycles. The monoisotopic (exact) mass is 315 g/mol. The fraction of sp³-hybridized carbons (Fsp3) is 0.400. The number of aryl methyl sites for hydroxylation is 2. The molecule has 0 aromatic heterocycles. The fourth-order valence-corrected chi connectivity index (χ4v) is 3.33. The summed E-state index contributed by atoms with van der Waals surface area (Å²) in [6.07, 6.45) is 7.62. The van der Waals surface area contributed by atoms with E-state index >= 15 is 0 Å². The van der Waals surface area contributed by atoms with E-state index in [4.69, 9.17) is 0 Å². The van der Waals surface area contributed by atoms with Crippen LogP contribution in [0.4, 0.5) is 0 Å². The molecule has 0 amide bonds. The normalized spacial score (nSPS) is 20.5.